The molecule has 31 heavy (non-hydrogen) atoms. The Morgan fingerprint density at radius 3 is 2.74 bits per heavy atom. The number of thioether (sulfide) groups is 1. The molecule has 3 amide bonds. The summed E-state index contributed by atoms with van der Waals surface area (Å²) >= 11 is 2.59. The fraction of sp³-hybridized carbons (Fsp3) is 0.273. The van der Waals surface area contributed by atoms with Crippen molar-refractivity contribution in [2.24, 2.45) is 0 Å². The number of carbonyl (C=O) groups excluding carboxylic acids is 2. The van der Waals surface area contributed by atoms with E-state index in [4.69, 9.17) is 4.98 Å². The van der Waals surface area contributed by atoms with Crippen LogP contribution in [-0.4, -0.2) is 44.7 Å². The van der Waals surface area contributed by atoms with E-state index in [9.17, 15) is 14.4 Å². The molecule has 1 saturated heterocycles. The van der Waals surface area contributed by atoms with E-state index in [1.54, 1.807) is 13.0 Å². The Morgan fingerprint density at radius 1 is 1.35 bits per heavy atom. The van der Waals surface area contributed by atoms with Crippen molar-refractivity contribution < 1.29 is 9.59 Å². The molecule has 0 bridgehead atoms. The summed E-state index contributed by atoms with van der Waals surface area (Å²) in [4.78, 5) is 44.5. The summed E-state index contributed by atoms with van der Waals surface area (Å²) in [5.41, 5.74) is 2.80. The molecule has 4 rings (SSSR count). The van der Waals surface area contributed by atoms with E-state index in [1.807, 2.05) is 36.6 Å². The second-order valence-electron chi connectivity index (χ2n) is 7.28. The van der Waals surface area contributed by atoms with Gasteiger partial charge in [0, 0.05) is 30.6 Å². The highest BCUT2D eigenvalue weighted by molar-refractivity contribution is 8.00. The molecule has 0 saturated carbocycles. The summed E-state index contributed by atoms with van der Waals surface area (Å²) in [5.74, 6) is -0.300. The summed E-state index contributed by atoms with van der Waals surface area (Å²) < 4.78 is 1.54. The van der Waals surface area contributed by atoms with E-state index < -0.39 is 5.25 Å². The predicted molar refractivity (Wildman–Crippen MR) is 125 cm³/mol. The Hall–Kier alpha value is -2.91. The van der Waals surface area contributed by atoms with E-state index in [0.717, 1.165) is 16.7 Å². The maximum Gasteiger partial charge on any atom is 0.324 e. The van der Waals surface area contributed by atoms with Gasteiger partial charge in [0.25, 0.3) is 5.56 Å². The molecule has 1 atom stereocenters. The molecule has 1 aliphatic rings. The molecule has 0 aliphatic carbocycles. The number of hydrogen-bond acceptors (Lipinski definition) is 6. The molecule has 1 fully saturated rings. The van der Waals surface area contributed by atoms with Crippen LogP contribution in [0.4, 0.5) is 4.79 Å². The zero-order valence-electron chi connectivity index (χ0n) is 17.3. The van der Waals surface area contributed by atoms with Crippen LogP contribution in [0.3, 0.4) is 0 Å². The van der Waals surface area contributed by atoms with Gasteiger partial charge in [0.2, 0.25) is 5.91 Å². The van der Waals surface area contributed by atoms with Crippen LogP contribution < -0.4 is 10.9 Å². The molecule has 160 valence electrons. The zero-order valence-corrected chi connectivity index (χ0v) is 18.9. The minimum absolute atomic E-state index is 0.164. The number of nitrogens with zero attached hydrogens (tertiary/aromatic N) is 3. The molecule has 0 spiro atoms. The average molecular weight is 455 g/mol. The third-order valence-electron chi connectivity index (χ3n) is 5.09. The van der Waals surface area contributed by atoms with E-state index >= 15 is 0 Å². The number of allylic oxidation sites excluding steroid dienone is 1. The number of benzene rings is 1. The maximum absolute atomic E-state index is 13.4. The number of aromatic nitrogens is 2. The number of aryl methyl sites for hydroxylation is 1. The molecule has 7 nitrogen and oxygen atoms in total. The van der Waals surface area contributed by atoms with Gasteiger partial charge in [-0.25, -0.2) is 9.78 Å². The topological polar surface area (TPSA) is 84.3 Å². The van der Waals surface area contributed by atoms with Gasteiger partial charge in [0.1, 0.15) is 4.83 Å². The Labute approximate surface area is 187 Å². The summed E-state index contributed by atoms with van der Waals surface area (Å²) in [6, 6.07) is 7.64. The number of imide groups is 1. The van der Waals surface area contributed by atoms with Crippen LogP contribution in [0.25, 0.3) is 21.3 Å². The first-order valence-electron chi connectivity index (χ1n) is 9.86. The third-order valence-corrected chi connectivity index (χ3v) is 7.04. The first-order valence-corrected chi connectivity index (χ1v) is 11.6. The summed E-state index contributed by atoms with van der Waals surface area (Å²) in [6.45, 7) is 8.57. The van der Waals surface area contributed by atoms with Gasteiger partial charge in [-0.1, -0.05) is 47.7 Å². The summed E-state index contributed by atoms with van der Waals surface area (Å²) in [5, 5.41) is 5.01. The normalized spacial score (nSPS) is 14.6. The van der Waals surface area contributed by atoms with E-state index in [0.29, 0.717) is 28.5 Å². The van der Waals surface area contributed by atoms with Crippen LogP contribution in [0.1, 0.15) is 12.5 Å². The van der Waals surface area contributed by atoms with Gasteiger partial charge in [-0.15, -0.1) is 17.9 Å². The van der Waals surface area contributed by atoms with Gasteiger partial charge >= 0.3 is 6.03 Å². The standard InChI is InChI=1S/C22H22N4O3S2/c1-4-10-26-20(28)17-16(15-7-5-13(2)6-8-15)12-30-18(17)24-22(26)31-14(3)19(27)25-11-9-23-21(25)29/h4-8,12,14H,1,9-11H2,2-3H3,(H,23,29)/t14-/m1/s1. The second-order valence-corrected chi connectivity index (χ2v) is 9.44. The van der Waals surface area contributed by atoms with Gasteiger partial charge < -0.3 is 5.32 Å². The number of amides is 3. The minimum atomic E-state index is -0.569. The number of nitrogens with one attached hydrogen (secondary N) is 1. The second kappa shape index (κ2) is 8.68. The first-order chi connectivity index (χ1) is 14.9. The lowest BCUT2D eigenvalue weighted by Gasteiger charge is -2.18. The fourth-order valence-electron chi connectivity index (χ4n) is 3.44. The largest absolute Gasteiger partial charge is 0.336 e. The summed E-state index contributed by atoms with van der Waals surface area (Å²) in [7, 11) is 0. The van der Waals surface area contributed by atoms with Crippen LogP contribution in [0.5, 0.6) is 0 Å². The Morgan fingerprint density at radius 2 is 2.10 bits per heavy atom. The Bertz CT molecular complexity index is 1230. The number of carbonyl (C=O) groups is 2. The van der Waals surface area contributed by atoms with Crippen LogP contribution in [-0.2, 0) is 11.3 Å². The van der Waals surface area contributed by atoms with Crippen molar-refractivity contribution in [3.63, 3.8) is 0 Å². The van der Waals surface area contributed by atoms with Crippen LogP contribution >= 0.6 is 23.1 Å². The van der Waals surface area contributed by atoms with Gasteiger partial charge in [-0.2, -0.15) is 0 Å². The summed E-state index contributed by atoms with van der Waals surface area (Å²) in [6.07, 6.45) is 1.64. The van der Waals surface area contributed by atoms with Crippen LogP contribution in [0.2, 0.25) is 0 Å². The molecule has 9 heteroatoms. The fourth-order valence-corrected chi connectivity index (χ4v) is 5.41. The number of rotatable bonds is 6. The SMILES string of the molecule is C=CCn1c(S[C@H](C)C(=O)N2CCNC2=O)nc2scc(-c3ccc(C)cc3)c2c1=O. The molecular formula is C22H22N4O3S2. The van der Waals surface area contributed by atoms with Crippen LogP contribution in [0, 0.1) is 6.92 Å². The lowest BCUT2D eigenvalue weighted by molar-refractivity contribution is -0.126. The molecule has 3 heterocycles. The molecule has 3 aromatic rings. The third kappa shape index (κ3) is 4.03. The highest BCUT2D eigenvalue weighted by Gasteiger charge is 2.31. The highest BCUT2D eigenvalue weighted by Crippen LogP contribution is 2.33. The molecular weight excluding hydrogens is 432 g/mol. The van der Waals surface area contributed by atoms with Crippen molar-refractivity contribution in [3.05, 3.63) is 58.2 Å². The highest BCUT2D eigenvalue weighted by atomic mass is 32.2. The number of hydrogen-bond donors (Lipinski definition) is 1. The molecule has 2 aromatic heterocycles. The van der Waals surface area contributed by atoms with Crippen molar-refractivity contribution in [3.8, 4) is 11.1 Å². The van der Waals surface area contributed by atoms with E-state index in [2.05, 4.69) is 11.9 Å². The van der Waals surface area contributed by atoms with Crippen molar-refractivity contribution in [1.82, 2.24) is 19.8 Å². The van der Waals surface area contributed by atoms with E-state index in [1.165, 1.54) is 32.6 Å². The molecule has 1 aromatic carbocycles. The van der Waals surface area contributed by atoms with Crippen LogP contribution in [0.15, 0.2) is 52.3 Å². The lowest BCUT2D eigenvalue weighted by atomic mass is 10.1. The number of urea groups is 1. The minimum Gasteiger partial charge on any atom is -0.336 e. The van der Waals surface area contributed by atoms with Gasteiger partial charge in [0.05, 0.1) is 10.6 Å². The molecule has 1 aliphatic heterocycles. The van der Waals surface area contributed by atoms with Gasteiger partial charge in [-0.05, 0) is 19.4 Å². The van der Waals surface area contributed by atoms with Gasteiger partial charge in [0.15, 0.2) is 5.16 Å². The van der Waals surface area contributed by atoms with Crippen molar-refractivity contribution in [2.45, 2.75) is 30.8 Å². The van der Waals surface area contributed by atoms with E-state index in [-0.39, 0.29) is 24.0 Å². The molecule has 1 N–H and O–H groups in total. The lowest BCUT2D eigenvalue weighted by Crippen LogP contribution is -2.39. The smallest absolute Gasteiger partial charge is 0.324 e. The zero-order chi connectivity index (χ0) is 22.1. The van der Waals surface area contributed by atoms with Crippen molar-refractivity contribution in [1.29, 1.82) is 0 Å². The number of fused-ring (bicyclic) bond motifs is 1. The Kier molecular flexibility index (Phi) is 5.97. The van der Waals surface area contributed by atoms with Gasteiger partial charge in [-0.3, -0.25) is 19.1 Å². The number of thiophene rings is 1. The quantitative estimate of drug-likeness (QED) is 0.349. The average Bonchev–Trinajstić information content (AvgIpc) is 3.37. The van der Waals surface area contributed by atoms with Crippen molar-refractivity contribution >= 4 is 45.3 Å². The maximum atomic E-state index is 13.4. The Balaban J connectivity index is 1.74. The predicted octanol–water partition coefficient (Wildman–Crippen LogP) is 3.65. The van der Waals surface area contributed by atoms with Crippen molar-refractivity contribution in [2.75, 3.05) is 13.1 Å². The molecule has 0 radical (unpaired) electrons. The first kappa shape index (κ1) is 21.3. The monoisotopic (exact) mass is 454 g/mol. The molecule has 0 unspecified atom stereocenters.